The lowest BCUT2D eigenvalue weighted by molar-refractivity contribution is -0.172. The van der Waals surface area contributed by atoms with Crippen LogP contribution < -0.4 is 0 Å². The molecule has 176 valence electrons. The van der Waals surface area contributed by atoms with Crippen LogP contribution in [-0.2, 0) is 16.1 Å². The third-order valence-electron chi connectivity index (χ3n) is 7.49. The minimum Gasteiger partial charge on any atom is -0.506 e. The van der Waals surface area contributed by atoms with Crippen molar-refractivity contribution in [3.63, 3.8) is 0 Å². The van der Waals surface area contributed by atoms with Gasteiger partial charge in [0.25, 0.3) is 0 Å². The molecule has 2 aromatic carbocycles. The van der Waals surface area contributed by atoms with Crippen LogP contribution in [0.15, 0.2) is 48.7 Å². The molecule has 6 rings (SSSR count). The number of halogens is 1. The van der Waals surface area contributed by atoms with E-state index in [1.54, 1.807) is 12.1 Å². The van der Waals surface area contributed by atoms with Gasteiger partial charge in [0.1, 0.15) is 18.2 Å². The topological polar surface area (TPSA) is 65.9 Å². The Morgan fingerprint density at radius 2 is 1.85 bits per heavy atom. The van der Waals surface area contributed by atoms with Gasteiger partial charge in [0.05, 0.1) is 23.9 Å². The Balaban J connectivity index is 1.12. The molecule has 3 heterocycles. The molecule has 0 radical (unpaired) electrons. The number of rotatable bonds is 4. The van der Waals surface area contributed by atoms with Gasteiger partial charge in [0.2, 0.25) is 5.91 Å². The third-order valence-corrected chi connectivity index (χ3v) is 7.49. The minimum absolute atomic E-state index is 0.123. The number of aromatic nitrogens is 1. The molecule has 0 bridgehead atoms. The molecular weight excluding hydrogens is 433 g/mol. The van der Waals surface area contributed by atoms with Crippen LogP contribution in [0, 0.1) is 5.82 Å². The first kappa shape index (κ1) is 21.5. The van der Waals surface area contributed by atoms with E-state index in [0.717, 1.165) is 60.8 Å². The van der Waals surface area contributed by atoms with Crippen molar-refractivity contribution >= 4 is 16.8 Å². The van der Waals surface area contributed by atoms with Gasteiger partial charge in [-0.3, -0.25) is 14.7 Å². The van der Waals surface area contributed by atoms with Crippen LogP contribution in [0.25, 0.3) is 22.0 Å². The van der Waals surface area contributed by atoms with E-state index < -0.39 is 0 Å². The summed E-state index contributed by atoms with van der Waals surface area (Å²) in [6.07, 6.45) is 5.37. The standard InChI is InChI=1S/C27H28FN3O3/c28-24-12-18(19-1-3-20-11-23(32)14-29-25(20)13-19)2-4-21(24)15-30-9-7-27(8-10-30)17-31(22-5-6-22)26(33)16-34-27/h1-4,11-14,22,32H,5-10,15-17H2. The highest BCUT2D eigenvalue weighted by Gasteiger charge is 2.46. The Morgan fingerprint density at radius 3 is 2.62 bits per heavy atom. The van der Waals surface area contributed by atoms with Crippen molar-refractivity contribution in [2.75, 3.05) is 26.2 Å². The summed E-state index contributed by atoms with van der Waals surface area (Å²) in [6, 6.07) is 13.2. The largest absolute Gasteiger partial charge is 0.506 e. The van der Waals surface area contributed by atoms with Gasteiger partial charge in [-0.2, -0.15) is 0 Å². The number of ether oxygens (including phenoxy) is 1. The second kappa shape index (κ2) is 8.32. The molecule has 2 saturated heterocycles. The number of amides is 1. The molecular formula is C27H28FN3O3. The van der Waals surface area contributed by atoms with Crippen LogP contribution in [0.3, 0.4) is 0 Å². The number of piperidine rings is 1. The third kappa shape index (κ3) is 4.14. The van der Waals surface area contributed by atoms with Crippen LogP contribution in [0.5, 0.6) is 5.75 Å². The van der Waals surface area contributed by atoms with Gasteiger partial charge in [-0.15, -0.1) is 0 Å². The molecule has 2 aliphatic heterocycles. The van der Waals surface area contributed by atoms with Crippen molar-refractivity contribution in [2.24, 2.45) is 0 Å². The SMILES string of the molecule is O=C1COC2(CCN(Cc3ccc(-c4ccc5cc(O)cnc5c4)cc3F)CC2)CN1C1CC1. The molecule has 3 aromatic rings. The highest BCUT2D eigenvalue weighted by atomic mass is 19.1. The molecule has 1 aromatic heterocycles. The van der Waals surface area contributed by atoms with E-state index in [1.165, 1.54) is 6.20 Å². The maximum atomic E-state index is 15.1. The minimum atomic E-state index is -0.240. The lowest BCUT2D eigenvalue weighted by Crippen LogP contribution is -2.59. The second-order valence-electron chi connectivity index (χ2n) is 9.91. The molecule has 1 saturated carbocycles. The summed E-state index contributed by atoms with van der Waals surface area (Å²) in [5.41, 5.74) is 2.89. The van der Waals surface area contributed by atoms with Gasteiger partial charge in [-0.1, -0.05) is 24.3 Å². The maximum Gasteiger partial charge on any atom is 0.248 e. The quantitative estimate of drug-likeness (QED) is 0.634. The number of carbonyl (C=O) groups excluding carboxylic acids is 1. The summed E-state index contributed by atoms with van der Waals surface area (Å²) >= 11 is 0. The summed E-state index contributed by atoms with van der Waals surface area (Å²) in [4.78, 5) is 20.8. The van der Waals surface area contributed by atoms with Crippen molar-refractivity contribution in [3.05, 3.63) is 60.0 Å². The van der Waals surface area contributed by atoms with Crippen LogP contribution >= 0.6 is 0 Å². The molecule has 34 heavy (non-hydrogen) atoms. The normalized spacial score (nSPS) is 20.9. The van der Waals surface area contributed by atoms with Crippen molar-refractivity contribution < 1.29 is 19.0 Å². The molecule has 0 atom stereocenters. The van der Waals surface area contributed by atoms with Gasteiger partial charge in [0, 0.05) is 36.6 Å². The van der Waals surface area contributed by atoms with Crippen LogP contribution in [0.2, 0.25) is 0 Å². The van der Waals surface area contributed by atoms with Crippen molar-refractivity contribution in [1.29, 1.82) is 0 Å². The Kier molecular flexibility index (Phi) is 5.26. The van der Waals surface area contributed by atoms with Gasteiger partial charge in [-0.25, -0.2) is 4.39 Å². The number of hydrogen-bond acceptors (Lipinski definition) is 5. The molecule has 7 heteroatoms. The first-order valence-corrected chi connectivity index (χ1v) is 12.0. The Morgan fingerprint density at radius 1 is 1.09 bits per heavy atom. The molecule has 1 amide bonds. The summed E-state index contributed by atoms with van der Waals surface area (Å²) in [6.45, 7) is 3.12. The lowest BCUT2D eigenvalue weighted by atomic mass is 9.89. The van der Waals surface area contributed by atoms with Gasteiger partial charge in [0.15, 0.2) is 0 Å². The fourth-order valence-electron chi connectivity index (χ4n) is 5.27. The molecule has 1 spiro atoms. The van der Waals surface area contributed by atoms with E-state index in [2.05, 4.69) is 9.88 Å². The maximum absolute atomic E-state index is 15.1. The Labute approximate surface area is 198 Å². The van der Waals surface area contributed by atoms with Gasteiger partial charge in [-0.05, 0) is 55.0 Å². The van der Waals surface area contributed by atoms with E-state index in [0.29, 0.717) is 24.7 Å². The first-order chi connectivity index (χ1) is 16.5. The number of aromatic hydroxyl groups is 1. The molecule has 3 fully saturated rings. The highest BCUT2D eigenvalue weighted by Crippen LogP contribution is 2.36. The van der Waals surface area contributed by atoms with Gasteiger partial charge < -0.3 is 14.7 Å². The number of nitrogens with zero attached hydrogens (tertiary/aromatic N) is 3. The molecule has 0 unspecified atom stereocenters. The van der Waals surface area contributed by atoms with Crippen molar-refractivity contribution in [3.8, 4) is 16.9 Å². The molecule has 3 aliphatic rings. The Bertz CT molecular complexity index is 1250. The summed E-state index contributed by atoms with van der Waals surface area (Å²) in [5, 5.41) is 10.4. The molecule has 1 aliphatic carbocycles. The fourth-order valence-corrected chi connectivity index (χ4v) is 5.27. The number of morpholine rings is 1. The Hall–Kier alpha value is -3.03. The van der Waals surface area contributed by atoms with E-state index >= 15 is 4.39 Å². The average Bonchev–Trinajstić information content (AvgIpc) is 3.69. The summed E-state index contributed by atoms with van der Waals surface area (Å²) < 4.78 is 21.1. The smallest absolute Gasteiger partial charge is 0.248 e. The monoisotopic (exact) mass is 461 g/mol. The predicted octanol–water partition coefficient (Wildman–Crippen LogP) is 4.10. The fraction of sp³-hybridized carbons (Fsp3) is 0.407. The second-order valence-corrected chi connectivity index (χ2v) is 9.91. The number of fused-ring (bicyclic) bond motifs is 1. The van der Waals surface area contributed by atoms with E-state index in [-0.39, 0.29) is 29.7 Å². The number of likely N-dealkylation sites (tertiary alicyclic amines) is 1. The predicted molar refractivity (Wildman–Crippen MR) is 127 cm³/mol. The molecule has 6 nitrogen and oxygen atoms in total. The zero-order chi connectivity index (χ0) is 23.3. The number of benzene rings is 2. The van der Waals surface area contributed by atoms with E-state index in [4.69, 9.17) is 4.74 Å². The summed E-state index contributed by atoms with van der Waals surface area (Å²) in [5.74, 6) is 0.0390. The number of pyridine rings is 1. The van der Waals surface area contributed by atoms with E-state index in [1.807, 2.05) is 35.2 Å². The summed E-state index contributed by atoms with van der Waals surface area (Å²) in [7, 11) is 0. The zero-order valence-electron chi connectivity index (χ0n) is 19.0. The van der Waals surface area contributed by atoms with Crippen molar-refractivity contribution in [1.82, 2.24) is 14.8 Å². The molecule has 1 N–H and O–H groups in total. The van der Waals surface area contributed by atoms with Crippen LogP contribution in [-0.4, -0.2) is 63.7 Å². The van der Waals surface area contributed by atoms with Crippen LogP contribution in [0.4, 0.5) is 4.39 Å². The average molecular weight is 462 g/mol. The zero-order valence-corrected chi connectivity index (χ0v) is 19.0. The number of hydrogen-bond donors (Lipinski definition) is 1. The van der Waals surface area contributed by atoms with Crippen molar-refractivity contribution in [2.45, 2.75) is 43.9 Å². The van der Waals surface area contributed by atoms with Gasteiger partial charge >= 0.3 is 0 Å². The first-order valence-electron chi connectivity index (χ1n) is 12.0. The highest BCUT2D eigenvalue weighted by molar-refractivity contribution is 5.85. The van der Waals surface area contributed by atoms with E-state index in [9.17, 15) is 9.90 Å². The van der Waals surface area contributed by atoms with Crippen LogP contribution in [0.1, 0.15) is 31.2 Å². The number of carbonyl (C=O) groups is 1. The lowest BCUT2D eigenvalue weighted by Gasteiger charge is -2.47.